The summed E-state index contributed by atoms with van der Waals surface area (Å²) >= 11 is 0. The molecule has 4 heteroatoms. The first-order valence-corrected chi connectivity index (χ1v) is 7.62. The first kappa shape index (κ1) is 14.2. The zero-order valence-corrected chi connectivity index (χ0v) is 13.2. The lowest BCUT2D eigenvalue weighted by molar-refractivity contribution is 0.0948. The Balaban J connectivity index is 1.91. The molecule has 0 saturated heterocycles. The number of oxazole rings is 1. The van der Waals surface area contributed by atoms with Crippen LogP contribution in [0.4, 0.5) is 0 Å². The van der Waals surface area contributed by atoms with E-state index in [-0.39, 0.29) is 0 Å². The Labute approximate surface area is 135 Å². The largest absolute Gasteiger partial charge is 0.441 e. The van der Waals surface area contributed by atoms with Crippen molar-refractivity contribution in [2.45, 2.75) is 12.1 Å². The molecule has 4 rings (SSSR count). The molecule has 1 aliphatic rings. The standard InChI is InChI=1S/C19H18N2O2/c1-21(2)12-13-11-20-18(23-13)19(22)16-9-5-3-7-14(16)15-8-4-6-10-17(15)19/h3-11,22H,12H2,1-2H3. The van der Waals surface area contributed by atoms with Crippen LogP contribution in [0.25, 0.3) is 11.1 Å². The van der Waals surface area contributed by atoms with Crippen molar-refractivity contribution in [1.82, 2.24) is 9.88 Å². The lowest BCUT2D eigenvalue weighted by atomic mass is 9.91. The van der Waals surface area contributed by atoms with Crippen LogP contribution in [0.2, 0.25) is 0 Å². The van der Waals surface area contributed by atoms with Gasteiger partial charge < -0.3 is 14.4 Å². The van der Waals surface area contributed by atoms with Crippen LogP contribution in [-0.2, 0) is 12.1 Å². The summed E-state index contributed by atoms with van der Waals surface area (Å²) in [5.41, 5.74) is 2.35. The second kappa shape index (κ2) is 5.05. The highest BCUT2D eigenvalue weighted by atomic mass is 16.4. The van der Waals surface area contributed by atoms with Gasteiger partial charge in [-0.15, -0.1) is 0 Å². The minimum Gasteiger partial charge on any atom is -0.441 e. The van der Waals surface area contributed by atoms with E-state index in [1.54, 1.807) is 6.20 Å². The summed E-state index contributed by atoms with van der Waals surface area (Å²) in [7, 11) is 3.94. The fourth-order valence-electron chi connectivity index (χ4n) is 3.30. The molecule has 0 radical (unpaired) electrons. The maximum absolute atomic E-state index is 11.5. The summed E-state index contributed by atoms with van der Waals surface area (Å²) < 4.78 is 5.89. The van der Waals surface area contributed by atoms with Gasteiger partial charge in [-0.3, -0.25) is 0 Å². The van der Waals surface area contributed by atoms with Crippen molar-refractivity contribution < 1.29 is 9.52 Å². The van der Waals surface area contributed by atoms with E-state index in [2.05, 4.69) is 4.98 Å². The van der Waals surface area contributed by atoms with Crippen molar-refractivity contribution in [3.8, 4) is 11.1 Å². The third kappa shape index (κ3) is 2.03. The zero-order valence-electron chi connectivity index (χ0n) is 13.2. The molecule has 1 aliphatic carbocycles. The minimum atomic E-state index is -1.34. The van der Waals surface area contributed by atoms with Gasteiger partial charge in [-0.1, -0.05) is 48.5 Å². The van der Waals surface area contributed by atoms with Crippen LogP contribution in [0.3, 0.4) is 0 Å². The summed E-state index contributed by atoms with van der Waals surface area (Å²) in [6, 6.07) is 15.7. The van der Waals surface area contributed by atoms with Crippen LogP contribution in [0, 0.1) is 0 Å². The molecule has 116 valence electrons. The summed E-state index contributed by atoms with van der Waals surface area (Å²) in [6.45, 7) is 0.645. The highest BCUT2D eigenvalue weighted by Crippen LogP contribution is 2.50. The van der Waals surface area contributed by atoms with Crippen LogP contribution < -0.4 is 0 Å². The number of nitrogens with zero attached hydrogens (tertiary/aromatic N) is 2. The van der Waals surface area contributed by atoms with Gasteiger partial charge in [0.05, 0.1) is 12.7 Å². The molecule has 23 heavy (non-hydrogen) atoms. The quantitative estimate of drug-likeness (QED) is 0.808. The molecule has 0 amide bonds. The number of hydrogen-bond donors (Lipinski definition) is 1. The van der Waals surface area contributed by atoms with Crippen LogP contribution in [0.5, 0.6) is 0 Å². The molecule has 0 spiro atoms. The van der Waals surface area contributed by atoms with Crippen molar-refractivity contribution in [2.24, 2.45) is 0 Å². The van der Waals surface area contributed by atoms with Crippen molar-refractivity contribution in [1.29, 1.82) is 0 Å². The van der Waals surface area contributed by atoms with E-state index in [1.165, 1.54) is 0 Å². The Kier molecular flexibility index (Phi) is 3.11. The molecule has 1 heterocycles. The second-order valence-electron chi connectivity index (χ2n) is 6.17. The molecule has 0 bridgehead atoms. The Morgan fingerprint density at radius 3 is 2.13 bits per heavy atom. The molecular weight excluding hydrogens is 288 g/mol. The van der Waals surface area contributed by atoms with E-state index in [9.17, 15) is 5.11 Å². The van der Waals surface area contributed by atoms with E-state index in [0.717, 1.165) is 28.0 Å². The number of aliphatic hydroxyl groups is 1. The lowest BCUT2D eigenvalue weighted by Gasteiger charge is -2.22. The van der Waals surface area contributed by atoms with Gasteiger partial charge in [-0.05, 0) is 25.2 Å². The first-order valence-electron chi connectivity index (χ1n) is 7.62. The van der Waals surface area contributed by atoms with Gasteiger partial charge in [0.15, 0.2) is 5.60 Å². The third-order valence-electron chi connectivity index (χ3n) is 4.26. The van der Waals surface area contributed by atoms with Crippen LogP contribution in [-0.4, -0.2) is 29.1 Å². The Morgan fingerprint density at radius 2 is 1.57 bits per heavy atom. The van der Waals surface area contributed by atoms with Crippen LogP contribution >= 0.6 is 0 Å². The van der Waals surface area contributed by atoms with E-state index in [0.29, 0.717) is 12.4 Å². The number of benzene rings is 2. The van der Waals surface area contributed by atoms with Gasteiger partial charge in [0.1, 0.15) is 5.76 Å². The van der Waals surface area contributed by atoms with Crippen molar-refractivity contribution in [3.63, 3.8) is 0 Å². The second-order valence-corrected chi connectivity index (χ2v) is 6.17. The van der Waals surface area contributed by atoms with Gasteiger partial charge in [-0.2, -0.15) is 0 Å². The van der Waals surface area contributed by atoms with E-state index >= 15 is 0 Å². The van der Waals surface area contributed by atoms with Crippen molar-refractivity contribution >= 4 is 0 Å². The monoisotopic (exact) mass is 306 g/mol. The van der Waals surface area contributed by atoms with Gasteiger partial charge in [0, 0.05) is 11.1 Å². The summed E-state index contributed by atoms with van der Waals surface area (Å²) in [4.78, 5) is 6.38. The lowest BCUT2D eigenvalue weighted by Crippen LogP contribution is -2.26. The molecule has 1 N–H and O–H groups in total. The van der Waals surface area contributed by atoms with E-state index < -0.39 is 5.60 Å². The molecular formula is C19H18N2O2. The average molecular weight is 306 g/mol. The van der Waals surface area contributed by atoms with Crippen molar-refractivity contribution in [3.05, 3.63) is 77.5 Å². The molecule has 0 aliphatic heterocycles. The molecule has 2 aromatic carbocycles. The topological polar surface area (TPSA) is 49.5 Å². The smallest absolute Gasteiger partial charge is 0.236 e. The van der Waals surface area contributed by atoms with Crippen molar-refractivity contribution in [2.75, 3.05) is 14.1 Å². The third-order valence-corrected chi connectivity index (χ3v) is 4.26. The molecule has 0 atom stereocenters. The number of fused-ring (bicyclic) bond motifs is 3. The first-order chi connectivity index (χ1) is 11.1. The van der Waals surface area contributed by atoms with Gasteiger partial charge in [0.2, 0.25) is 5.89 Å². The predicted molar refractivity (Wildman–Crippen MR) is 87.9 cm³/mol. The molecule has 4 nitrogen and oxygen atoms in total. The van der Waals surface area contributed by atoms with Crippen LogP contribution in [0.1, 0.15) is 22.8 Å². The van der Waals surface area contributed by atoms with Gasteiger partial charge in [-0.25, -0.2) is 4.98 Å². The SMILES string of the molecule is CN(C)Cc1cnc(C2(O)c3ccccc3-c3ccccc32)o1. The summed E-state index contributed by atoms with van der Waals surface area (Å²) in [5.74, 6) is 1.06. The van der Waals surface area contributed by atoms with Gasteiger partial charge >= 0.3 is 0 Å². The fourth-order valence-corrected chi connectivity index (χ4v) is 3.30. The number of aromatic nitrogens is 1. The Morgan fingerprint density at radius 1 is 1.00 bits per heavy atom. The normalized spacial score (nSPS) is 14.8. The van der Waals surface area contributed by atoms with Crippen LogP contribution in [0.15, 0.2) is 59.1 Å². The van der Waals surface area contributed by atoms with E-state index in [4.69, 9.17) is 4.42 Å². The van der Waals surface area contributed by atoms with Gasteiger partial charge in [0.25, 0.3) is 0 Å². The molecule has 0 saturated carbocycles. The van der Waals surface area contributed by atoms with E-state index in [1.807, 2.05) is 67.5 Å². The molecule has 0 fully saturated rings. The average Bonchev–Trinajstić information content (AvgIpc) is 3.11. The Bertz CT molecular complexity index is 822. The highest BCUT2D eigenvalue weighted by molar-refractivity contribution is 5.81. The summed E-state index contributed by atoms with van der Waals surface area (Å²) in [5, 5.41) is 11.5. The molecule has 0 unspecified atom stereocenters. The maximum atomic E-state index is 11.5. The maximum Gasteiger partial charge on any atom is 0.236 e. The highest BCUT2D eigenvalue weighted by Gasteiger charge is 2.46. The fraction of sp³-hybridized carbons (Fsp3) is 0.211. The number of hydrogen-bond acceptors (Lipinski definition) is 4. The molecule has 1 aromatic heterocycles. The predicted octanol–water partition coefficient (Wildman–Crippen LogP) is 3.00. The zero-order chi connectivity index (χ0) is 16.0. The summed E-state index contributed by atoms with van der Waals surface area (Å²) in [6.07, 6.45) is 1.69. The Hall–Kier alpha value is -2.43. The molecule has 3 aromatic rings. The number of rotatable bonds is 3. The minimum absolute atomic E-state index is 0.326.